The highest BCUT2D eigenvalue weighted by atomic mass is 19.1. The molecule has 2 aromatic rings. The SMILES string of the molecule is N#Cc1ccc(OCCCN2CCN(c3ccccc3F)CC2)cn1. The molecule has 0 spiro atoms. The highest BCUT2D eigenvalue weighted by molar-refractivity contribution is 5.47. The molecule has 1 saturated heterocycles. The van der Waals surface area contributed by atoms with E-state index < -0.39 is 0 Å². The Morgan fingerprint density at radius 2 is 1.92 bits per heavy atom. The van der Waals surface area contributed by atoms with E-state index in [0.29, 0.717) is 23.7 Å². The summed E-state index contributed by atoms with van der Waals surface area (Å²) in [7, 11) is 0. The number of aromatic nitrogens is 1. The van der Waals surface area contributed by atoms with Gasteiger partial charge in [0.1, 0.15) is 23.3 Å². The first-order valence-corrected chi connectivity index (χ1v) is 8.47. The van der Waals surface area contributed by atoms with Crippen LogP contribution < -0.4 is 9.64 Å². The minimum absolute atomic E-state index is 0.152. The first kappa shape index (κ1) is 17.2. The van der Waals surface area contributed by atoms with Gasteiger partial charge in [0.2, 0.25) is 0 Å². The van der Waals surface area contributed by atoms with Gasteiger partial charge in [-0.15, -0.1) is 0 Å². The van der Waals surface area contributed by atoms with Crippen LogP contribution in [-0.4, -0.2) is 49.2 Å². The summed E-state index contributed by atoms with van der Waals surface area (Å²) in [4.78, 5) is 8.45. The molecular weight excluding hydrogens is 319 g/mol. The zero-order chi connectivity index (χ0) is 17.5. The molecular formula is C19H21FN4O. The predicted molar refractivity (Wildman–Crippen MR) is 94.1 cm³/mol. The Hall–Kier alpha value is -2.65. The first-order valence-electron chi connectivity index (χ1n) is 8.47. The summed E-state index contributed by atoms with van der Waals surface area (Å²) in [6, 6.07) is 12.3. The summed E-state index contributed by atoms with van der Waals surface area (Å²) >= 11 is 0. The minimum Gasteiger partial charge on any atom is -0.492 e. The van der Waals surface area contributed by atoms with E-state index >= 15 is 0 Å². The first-order chi connectivity index (χ1) is 12.3. The summed E-state index contributed by atoms with van der Waals surface area (Å²) < 4.78 is 19.5. The van der Waals surface area contributed by atoms with Crippen LogP contribution in [-0.2, 0) is 0 Å². The van der Waals surface area contributed by atoms with Crippen molar-refractivity contribution in [3.8, 4) is 11.8 Å². The number of benzene rings is 1. The Morgan fingerprint density at radius 3 is 2.60 bits per heavy atom. The number of nitriles is 1. The van der Waals surface area contributed by atoms with Crippen LogP contribution in [0.1, 0.15) is 12.1 Å². The van der Waals surface area contributed by atoms with Crippen LogP contribution in [0.2, 0.25) is 0 Å². The standard InChI is InChI=1S/C19H21FN4O/c20-18-4-1-2-5-19(18)24-11-9-23(10-12-24)8-3-13-25-17-7-6-16(14-21)22-15-17/h1-2,4-7,15H,3,8-13H2. The third-order valence-electron chi connectivity index (χ3n) is 4.30. The van der Waals surface area contributed by atoms with E-state index in [0.717, 1.165) is 39.1 Å². The Morgan fingerprint density at radius 1 is 1.12 bits per heavy atom. The lowest BCUT2D eigenvalue weighted by Crippen LogP contribution is -2.47. The van der Waals surface area contributed by atoms with Gasteiger partial charge in [-0.2, -0.15) is 5.26 Å². The molecule has 0 bridgehead atoms. The van der Waals surface area contributed by atoms with E-state index in [-0.39, 0.29) is 5.82 Å². The van der Waals surface area contributed by atoms with Crippen molar-refractivity contribution in [2.75, 3.05) is 44.2 Å². The molecule has 0 saturated carbocycles. The lowest BCUT2D eigenvalue weighted by molar-refractivity contribution is 0.224. The lowest BCUT2D eigenvalue weighted by atomic mass is 10.2. The topological polar surface area (TPSA) is 52.4 Å². The van der Waals surface area contributed by atoms with E-state index in [1.807, 2.05) is 18.2 Å². The third kappa shape index (κ3) is 4.68. The molecule has 1 aromatic carbocycles. The minimum atomic E-state index is -0.152. The van der Waals surface area contributed by atoms with Crippen LogP contribution in [0.15, 0.2) is 42.6 Å². The fourth-order valence-electron chi connectivity index (χ4n) is 2.93. The molecule has 1 aliphatic heterocycles. The number of pyridine rings is 1. The summed E-state index contributed by atoms with van der Waals surface area (Å²) in [5.74, 6) is 0.531. The quantitative estimate of drug-likeness (QED) is 0.757. The van der Waals surface area contributed by atoms with Gasteiger partial charge in [0.15, 0.2) is 0 Å². The molecule has 0 unspecified atom stereocenters. The Labute approximate surface area is 147 Å². The highest BCUT2D eigenvalue weighted by Gasteiger charge is 2.18. The molecule has 25 heavy (non-hydrogen) atoms. The number of rotatable bonds is 6. The summed E-state index contributed by atoms with van der Waals surface area (Å²) in [6.07, 6.45) is 2.49. The summed E-state index contributed by atoms with van der Waals surface area (Å²) in [6.45, 7) is 5.08. The maximum absolute atomic E-state index is 13.8. The zero-order valence-electron chi connectivity index (χ0n) is 14.1. The van der Waals surface area contributed by atoms with Gasteiger partial charge in [-0.25, -0.2) is 9.37 Å². The van der Waals surface area contributed by atoms with E-state index in [4.69, 9.17) is 10.00 Å². The average Bonchev–Trinajstić information content (AvgIpc) is 2.67. The van der Waals surface area contributed by atoms with E-state index in [2.05, 4.69) is 14.8 Å². The molecule has 0 atom stereocenters. The second kappa shape index (κ2) is 8.45. The second-order valence-electron chi connectivity index (χ2n) is 5.97. The number of ether oxygens (including phenoxy) is 1. The third-order valence-corrected chi connectivity index (χ3v) is 4.30. The summed E-state index contributed by atoms with van der Waals surface area (Å²) in [5, 5.41) is 8.71. The number of nitrogens with zero attached hydrogens (tertiary/aromatic N) is 4. The van der Waals surface area contributed by atoms with Crippen molar-refractivity contribution in [1.29, 1.82) is 5.26 Å². The van der Waals surface area contributed by atoms with Crippen LogP contribution >= 0.6 is 0 Å². The van der Waals surface area contributed by atoms with Crippen molar-refractivity contribution >= 4 is 5.69 Å². The van der Waals surface area contributed by atoms with Crippen LogP contribution in [0.5, 0.6) is 5.75 Å². The number of hydrogen-bond donors (Lipinski definition) is 0. The van der Waals surface area contributed by atoms with Crippen molar-refractivity contribution in [3.63, 3.8) is 0 Å². The van der Waals surface area contributed by atoms with Crippen LogP contribution in [0.25, 0.3) is 0 Å². The van der Waals surface area contributed by atoms with Crippen LogP contribution in [0.4, 0.5) is 10.1 Å². The smallest absolute Gasteiger partial charge is 0.146 e. The van der Waals surface area contributed by atoms with E-state index in [9.17, 15) is 4.39 Å². The maximum Gasteiger partial charge on any atom is 0.146 e. The number of anilines is 1. The molecule has 1 aromatic heterocycles. The lowest BCUT2D eigenvalue weighted by Gasteiger charge is -2.36. The predicted octanol–water partition coefficient (Wildman–Crippen LogP) is 2.68. The van der Waals surface area contributed by atoms with Gasteiger partial charge >= 0.3 is 0 Å². The normalized spacial score (nSPS) is 15.0. The van der Waals surface area contributed by atoms with Crippen molar-refractivity contribution in [1.82, 2.24) is 9.88 Å². The molecule has 2 heterocycles. The monoisotopic (exact) mass is 340 g/mol. The average molecular weight is 340 g/mol. The van der Waals surface area contributed by atoms with Gasteiger partial charge in [0.25, 0.3) is 0 Å². The fourth-order valence-corrected chi connectivity index (χ4v) is 2.93. The van der Waals surface area contributed by atoms with Crippen molar-refractivity contribution in [2.24, 2.45) is 0 Å². The molecule has 3 rings (SSSR count). The number of para-hydroxylation sites is 1. The molecule has 6 heteroatoms. The van der Waals surface area contributed by atoms with Gasteiger partial charge in [0, 0.05) is 32.7 Å². The molecule has 1 aliphatic rings. The number of hydrogen-bond acceptors (Lipinski definition) is 5. The van der Waals surface area contributed by atoms with Crippen molar-refractivity contribution in [2.45, 2.75) is 6.42 Å². The molecule has 0 aliphatic carbocycles. The van der Waals surface area contributed by atoms with Gasteiger partial charge in [-0.1, -0.05) is 12.1 Å². The van der Waals surface area contributed by atoms with Gasteiger partial charge in [-0.05, 0) is 30.7 Å². The van der Waals surface area contributed by atoms with Gasteiger partial charge in [-0.3, -0.25) is 4.90 Å². The van der Waals surface area contributed by atoms with Crippen LogP contribution in [0, 0.1) is 17.1 Å². The van der Waals surface area contributed by atoms with Crippen LogP contribution in [0.3, 0.4) is 0 Å². The van der Waals surface area contributed by atoms with E-state index in [1.165, 1.54) is 6.07 Å². The zero-order valence-corrected chi connectivity index (χ0v) is 14.1. The molecule has 0 amide bonds. The largest absolute Gasteiger partial charge is 0.492 e. The number of halogens is 1. The van der Waals surface area contributed by atoms with Gasteiger partial charge in [0.05, 0.1) is 18.5 Å². The Kier molecular flexibility index (Phi) is 5.81. The Bertz CT molecular complexity index is 721. The molecule has 0 radical (unpaired) electrons. The van der Waals surface area contributed by atoms with Crippen molar-refractivity contribution in [3.05, 3.63) is 54.1 Å². The van der Waals surface area contributed by atoms with Crippen molar-refractivity contribution < 1.29 is 9.13 Å². The van der Waals surface area contributed by atoms with E-state index in [1.54, 1.807) is 24.4 Å². The highest BCUT2D eigenvalue weighted by Crippen LogP contribution is 2.20. The molecule has 1 fully saturated rings. The molecule has 130 valence electrons. The Balaban J connectivity index is 1.36. The summed E-state index contributed by atoms with van der Waals surface area (Å²) in [5.41, 5.74) is 1.08. The second-order valence-corrected chi connectivity index (χ2v) is 5.97. The fraction of sp³-hybridized carbons (Fsp3) is 0.368. The maximum atomic E-state index is 13.8. The van der Waals surface area contributed by atoms with Gasteiger partial charge < -0.3 is 9.64 Å². The number of piperazine rings is 1. The molecule has 0 N–H and O–H groups in total. The molecule has 5 nitrogen and oxygen atoms in total.